The molecule has 32 heavy (non-hydrogen) atoms. The summed E-state index contributed by atoms with van der Waals surface area (Å²) in [6.45, 7) is 4.06. The number of carbonyl (C=O) groups excluding carboxylic acids is 1. The van der Waals surface area contributed by atoms with Crippen LogP contribution in [0.25, 0.3) is 11.0 Å². The van der Waals surface area contributed by atoms with Crippen LogP contribution in [0.3, 0.4) is 0 Å². The summed E-state index contributed by atoms with van der Waals surface area (Å²) in [7, 11) is -3.26. The first kappa shape index (κ1) is 22.5. The van der Waals surface area contributed by atoms with Gasteiger partial charge in [-0.3, -0.25) is 9.36 Å². The number of carbonyl (C=O) groups is 1. The molecule has 0 saturated carbocycles. The predicted molar refractivity (Wildman–Crippen MR) is 125 cm³/mol. The zero-order valence-corrected chi connectivity index (χ0v) is 19.1. The Labute approximate surface area is 188 Å². The van der Waals surface area contributed by atoms with Crippen LogP contribution in [-0.2, 0) is 9.84 Å². The number of rotatable bonds is 7. The Kier molecular flexibility index (Phi) is 6.62. The number of hydrogen-bond acceptors (Lipinski definition) is 5. The summed E-state index contributed by atoms with van der Waals surface area (Å²) in [5.41, 5.74) is 1.20. The minimum atomic E-state index is -3.26. The molecule has 7 nitrogen and oxygen atoms in total. The highest BCUT2D eigenvalue weighted by atomic mass is 32.2. The Hall–Kier alpha value is -2.71. The van der Waals surface area contributed by atoms with E-state index in [4.69, 9.17) is 0 Å². The van der Waals surface area contributed by atoms with E-state index in [0.717, 1.165) is 31.4 Å². The van der Waals surface area contributed by atoms with Crippen molar-refractivity contribution >= 4 is 26.8 Å². The Morgan fingerprint density at radius 2 is 1.59 bits per heavy atom. The Bertz CT molecular complexity index is 1250. The second kappa shape index (κ2) is 9.42. The van der Waals surface area contributed by atoms with Crippen molar-refractivity contribution in [2.75, 3.05) is 25.4 Å². The predicted octanol–water partition coefficient (Wildman–Crippen LogP) is 3.35. The zero-order chi connectivity index (χ0) is 22.7. The molecule has 1 saturated heterocycles. The van der Waals surface area contributed by atoms with Crippen molar-refractivity contribution in [1.29, 1.82) is 0 Å². The SMILES string of the molecule is CCC(=O)n1c(=O)n(C2CCN(CCCS(=O)(=O)c3ccccc3)CC2)c2ccccc21. The number of likely N-dealkylation sites (tertiary alicyclic amines) is 1. The molecule has 1 aliphatic rings. The van der Waals surface area contributed by atoms with Gasteiger partial charge in [0, 0.05) is 25.6 Å². The Morgan fingerprint density at radius 1 is 0.969 bits per heavy atom. The van der Waals surface area contributed by atoms with E-state index in [1.807, 2.05) is 30.3 Å². The standard InChI is InChI=1S/C24H29N3O4S/c1-2-23(28)27-22-12-7-6-11-21(22)26(24(27)29)19-13-16-25(17-14-19)15-8-18-32(30,31)20-9-4-3-5-10-20/h3-7,9-12,19H,2,8,13-18H2,1H3. The minimum absolute atomic E-state index is 0.0302. The average Bonchev–Trinajstić information content (AvgIpc) is 3.11. The van der Waals surface area contributed by atoms with Crippen LogP contribution in [-0.4, -0.2) is 53.7 Å². The van der Waals surface area contributed by atoms with Gasteiger partial charge >= 0.3 is 5.69 Å². The number of nitrogens with zero attached hydrogens (tertiary/aromatic N) is 3. The van der Waals surface area contributed by atoms with Crippen molar-refractivity contribution in [2.24, 2.45) is 0 Å². The lowest BCUT2D eigenvalue weighted by Crippen LogP contribution is -2.39. The molecule has 0 amide bonds. The van der Waals surface area contributed by atoms with Crippen LogP contribution >= 0.6 is 0 Å². The maximum atomic E-state index is 13.1. The Balaban J connectivity index is 1.40. The molecule has 4 rings (SSSR count). The molecule has 2 heterocycles. The largest absolute Gasteiger partial charge is 0.336 e. The van der Waals surface area contributed by atoms with Gasteiger partial charge in [0.25, 0.3) is 0 Å². The molecule has 0 atom stereocenters. The highest BCUT2D eigenvalue weighted by Gasteiger charge is 2.26. The molecule has 0 N–H and O–H groups in total. The molecule has 1 aliphatic heterocycles. The molecule has 0 spiro atoms. The van der Waals surface area contributed by atoms with Crippen molar-refractivity contribution < 1.29 is 13.2 Å². The minimum Gasteiger partial charge on any atom is -0.303 e. The maximum absolute atomic E-state index is 13.1. The van der Waals surface area contributed by atoms with Crippen molar-refractivity contribution in [3.8, 4) is 0 Å². The van der Waals surface area contributed by atoms with E-state index >= 15 is 0 Å². The molecule has 1 aromatic heterocycles. The van der Waals surface area contributed by atoms with Crippen LogP contribution in [0.4, 0.5) is 0 Å². The topological polar surface area (TPSA) is 81.4 Å². The summed E-state index contributed by atoms with van der Waals surface area (Å²) in [6.07, 6.45) is 2.43. The molecule has 2 aromatic carbocycles. The van der Waals surface area contributed by atoms with E-state index in [1.54, 1.807) is 35.8 Å². The molecular formula is C24H29N3O4S. The second-order valence-corrected chi connectivity index (χ2v) is 10.4. The van der Waals surface area contributed by atoms with E-state index in [1.165, 1.54) is 4.57 Å². The van der Waals surface area contributed by atoms with Gasteiger partial charge < -0.3 is 4.90 Å². The van der Waals surface area contributed by atoms with Gasteiger partial charge in [0.2, 0.25) is 5.91 Å². The van der Waals surface area contributed by atoms with Gasteiger partial charge in [-0.15, -0.1) is 0 Å². The van der Waals surface area contributed by atoms with Crippen molar-refractivity contribution in [2.45, 2.75) is 43.5 Å². The van der Waals surface area contributed by atoms with Gasteiger partial charge in [0.1, 0.15) is 0 Å². The van der Waals surface area contributed by atoms with Gasteiger partial charge in [-0.1, -0.05) is 37.3 Å². The highest BCUT2D eigenvalue weighted by Crippen LogP contribution is 2.26. The van der Waals surface area contributed by atoms with Crippen LogP contribution in [0.2, 0.25) is 0 Å². The molecule has 170 valence electrons. The smallest absolute Gasteiger partial charge is 0.303 e. The highest BCUT2D eigenvalue weighted by molar-refractivity contribution is 7.91. The first-order valence-corrected chi connectivity index (χ1v) is 12.8. The van der Waals surface area contributed by atoms with Crippen LogP contribution in [0.15, 0.2) is 64.3 Å². The number of fused-ring (bicyclic) bond motifs is 1. The van der Waals surface area contributed by atoms with Crippen LogP contribution in [0, 0.1) is 0 Å². The molecule has 8 heteroatoms. The van der Waals surface area contributed by atoms with Gasteiger partial charge in [-0.05, 0) is 50.1 Å². The van der Waals surface area contributed by atoms with Crippen molar-refractivity contribution in [3.05, 3.63) is 65.1 Å². The molecular weight excluding hydrogens is 426 g/mol. The molecule has 0 unspecified atom stereocenters. The number of benzene rings is 2. The average molecular weight is 456 g/mol. The number of imidazole rings is 1. The zero-order valence-electron chi connectivity index (χ0n) is 18.3. The summed E-state index contributed by atoms with van der Waals surface area (Å²) in [6, 6.07) is 16.1. The van der Waals surface area contributed by atoms with E-state index < -0.39 is 9.84 Å². The first-order chi connectivity index (χ1) is 15.4. The van der Waals surface area contributed by atoms with Crippen molar-refractivity contribution in [3.63, 3.8) is 0 Å². The quantitative estimate of drug-likeness (QED) is 0.546. The number of sulfone groups is 1. The fraction of sp³-hybridized carbons (Fsp3) is 0.417. The second-order valence-electron chi connectivity index (χ2n) is 8.28. The normalized spacial score (nSPS) is 15.9. The van der Waals surface area contributed by atoms with E-state index in [9.17, 15) is 18.0 Å². The van der Waals surface area contributed by atoms with E-state index in [2.05, 4.69) is 4.90 Å². The van der Waals surface area contributed by atoms with Gasteiger partial charge in [-0.2, -0.15) is 0 Å². The fourth-order valence-electron chi connectivity index (χ4n) is 4.55. The molecule has 0 bridgehead atoms. The number of aromatic nitrogens is 2. The molecule has 1 fully saturated rings. The lowest BCUT2D eigenvalue weighted by molar-refractivity contribution is 0.0907. The Morgan fingerprint density at radius 3 is 2.25 bits per heavy atom. The number of hydrogen-bond donors (Lipinski definition) is 0. The third-order valence-electron chi connectivity index (χ3n) is 6.24. The van der Waals surface area contributed by atoms with Crippen molar-refractivity contribution in [1.82, 2.24) is 14.0 Å². The summed E-state index contributed by atoms with van der Waals surface area (Å²) in [4.78, 5) is 28.1. The van der Waals surface area contributed by atoms with E-state index in [-0.39, 0.29) is 29.8 Å². The van der Waals surface area contributed by atoms with Gasteiger partial charge in [0.05, 0.1) is 21.7 Å². The van der Waals surface area contributed by atoms with Crippen LogP contribution in [0.5, 0.6) is 0 Å². The third-order valence-corrected chi connectivity index (χ3v) is 8.06. The molecule has 0 radical (unpaired) electrons. The third kappa shape index (κ3) is 4.42. The molecule has 3 aromatic rings. The van der Waals surface area contributed by atoms with Crippen LogP contribution in [0.1, 0.15) is 43.4 Å². The van der Waals surface area contributed by atoms with E-state index in [0.29, 0.717) is 23.4 Å². The molecule has 0 aliphatic carbocycles. The lowest BCUT2D eigenvalue weighted by atomic mass is 10.0. The summed E-state index contributed by atoms with van der Waals surface area (Å²) < 4.78 is 28.0. The number of para-hydroxylation sites is 2. The first-order valence-electron chi connectivity index (χ1n) is 11.2. The summed E-state index contributed by atoms with van der Waals surface area (Å²) >= 11 is 0. The summed E-state index contributed by atoms with van der Waals surface area (Å²) in [5, 5.41) is 0. The maximum Gasteiger partial charge on any atom is 0.336 e. The van der Waals surface area contributed by atoms with Gasteiger partial charge in [-0.25, -0.2) is 17.8 Å². The van der Waals surface area contributed by atoms with Crippen LogP contribution < -0.4 is 5.69 Å². The number of piperidine rings is 1. The summed E-state index contributed by atoms with van der Waals surface area (Å²) in [5.74, 6) is -0.0646. The lowest BCUT2D eigenvalue weighted by Gasteiger charge is -2.32. The van der Waals surface area contributed by atoms with Gasteiger partial charge in [0.15, 0.2) is 9.84 Å². The monoisotopic (exact) mass is 455 g/mol. The fourth-order valence-corrected chi connectivity index (χ4v) is 5.86.